The Morgan fingerprint density at radius 3 is 2.32 bits per heavy atom. The van der Waals surface area contributed by atoms with E-state index < -0.39 is 0 Å². The first-order valence-electron chi connectivity index (χ1n) is 8.92. The lowest BCUT2D eigenvalue weighted by molar-refractivity contribution is 0.438. The number of hydrogen-bond acceptors (Lipinski definition) is 9. The highest BCUT2D eigenvalue weighted by atomic mass is 16.1. The molecule has 1 saturated carbocycles. The van der Waals surface area contributed by atoms with E-state index in [2.05, 4.69) is 36.0 Å². The first kappa shape index (κ1) is 16.6. The van der Waals surface area contributed by atoms with Gasteiger partial charge in [-0.05, 0) is 37.1 Å². The molecule has 0 aliphatic heterocycles. The van der Waals surface area contributed by atoms with Gasteiger partial charge in [0.25, 0.3) is 11.1 Å². The van der Waals surface area contributed by atoms with E-state index in [9.17, 15) is 9.59 Å². The van der Waals surface area contributed by atoms with Crippen molar-refractivity contribution in [3.63, 3.8) is 0 Å². The second-order valence-electron chi connectivity index (χ2n) is 7.04. The minimum absolute atomic E-state index is 0.120. The van der Waals surface area contributed by atoms with Crippen molar-refractivity contribution in [3.8, 4) is 0 Å². The third-order valence-electron chi connectivity index (χ3n) is 4.83. The maximum atomic E-state index is 12.9. The molecule has 0 spiro atoms. The summed E-state index contributed by atoms with van der Waals surface area (Å²) in [6, 6.07) is 2.92. The molecule has 12 heteroatoms. The van der Waals surface area contributed by atoms with E-state index in [0.29, 0.717) is 34.1 Å². The summed E-state index contributed by atoms with van der Waals surface area (Å²) in [6.45, 7) is 1.83. The molecule has 1 aromatic carbocycles. The summed E-state index contributed by atoms with van der Waals surface area (Å²) < 4.78 is 2.68. The first-order valence-corrected chi connectivity index (χ1v) is 8.92. The minimum atomic E-state index is -0.323. The topological polar surface area (TPSA) is 139 Å². The van der Waals surface area contributed by atoms with Crippen LogP contribution in [0.2, 0.25) is 0 Å². The third-order valence-corrected chi connectivity index (χ3v) is 4.83. The minimum Gasteiger partial charge on any atom is -0.267 e. The smallest absolute Gasteiger partial charge is 0.267 e. The Hall–Kier alpha value is -3.57. The Morgan fingerprint density at radius 1 is 1.00 bits per heavy atom. The summed E-state index contributed by atoms with van der Waals surface area (Å²) in [4.78, 5) is 26.9. The molecule has 28 heavy (non-hydrogen) atoms. The maximum Gasteiger partial charge on any atom is 0.277 e. The fraction of sp³-hybridized carbons (Fsp3) is 0.438. The van der Waals surface area contributed by atoms with E-state index in [1.165, 1.54) is 14.2 Å². The van der Waals surface area contributed by atoms with Gasteiger partial charge in [-0.3, -0.25) is 9.59 Å². The molecule has 0 saturated heterocycles. The molecule has 0 amide bonds. The molecule has 3 heterocycles. The summed E-state index contributed by atoms with van der Waals surface area (Å²) >= 11 is 0. The summed E-state index contributed by atoms with van der Waals surface area (Å²) in [5.41, 5.74) is 0.180. The van der Waals surface area contributed by atoms with Crippen molar-refractivity contribution in [3.05, 3.63) is 38.7 Å². The zero-order valence-electron chi connectivity index (χ0n) is 15.2. The normalized spacial score (nSPS) is 15.4. The van der Waals surface area contributed by atoms with E-state index in [1.807, 2.05) is 6.92 Å². The van der Waals surface area contributed by atoms with Gasteiger partial charge in [-0.25, -0.2) is 9.36 Å². The van der Waals surface area contributed by atoms with Crippen LogP contribution < -0.4 is 11.1 Å². The van der Waals surface area contributed by atoms with Gasteiger partial charge in [-0.1, -0.05) is 10.4 Å². The lowest BCUT2D eigenvalue weighted by Gasteiger charge is -2.11. The second-order valence-corrected chi connectivity index (χ2v) is 7.04. The molecule has 0 bridgehead atoms. The zero-order chi connectivity index (χ0) is 19.4. The molecule has 3 aromatic heterocycles. The van der Waals surface area contributed by atoms with Crippen LogP contribution in [0, 0.1) is 0 Å². The number of nitrogens with zero attached hydrogens (tertiary/aromatic N) is 10. The molecule has 1 fully saturated rings. The first-order chi connectivity index (χ1) is 13.5. The molecule has 0 N–H and O–H groups in total. The monoisotopic (exact) mass is 380 g/mol. The molecule has 1 aliphatic carbocycles. The van der Waals surface area contributed by atoms with Crippen LogP contribution in [0.5, 0.6) is 0 Å². The van der Waals surface area contributed by atoms with Crippen LogP contribution >= 0.6 is 0 Å². The van der Waals surface area contributed by atoms with Gasteiger partial charge >= 0.3 is 0 Å². The number of aromatic nitrogens is 10. The maximum absolute atomic E-state index is 12.9. The van der Waals surface area contributed by atoms with Gasteiger partial charge in [0, 0.05) is 6.42 Å². The number of rotatable bonds is 4. The van der Waals surface area contributed by atoms with Crippen LogP contribution in [0.15, 0.2) is 21.7 Å². The Kier molecular flexibility index (Phi) is 3.54. The van der Waals surface area contributed by atoms with Gasteiger partial charge in [0.05, 0.1) is 29.9 Å². The fourth-order valence-corrected chi connectivity index (χ4v) is 3.21. The fourth-order valence-electron chi connectivity index (χ4n) is 3.21. The predicted octanol–water partition coefficient (Wildman–Crippen LogP) is -0.441. The lowest BCUT2D eigenvalue weighted by atomic mass is 10.1. The van der Waals surface area contributed by atoms with Gasteiger partial charge in [-0.15, -0.1) is 20.4 Å². The highest BCUT2D eigenvalue weighted by Gasteiger charge is 2.27. The van der Waals surface area contributed by atoms with Crippen molar-refractivity contribution in [2.75, 3.05) is 0 Å². The van der Waals surface area contributed by atoms with Gasteiger partial charge in [0.2, 0.25) is 0 Å². The predicted molar refractivity (Wildman–Crippen MR) is 96.6 cm³/mol. The van der Waals surface area contributed by atoms with Crippen molar-refractivity contribution in [2.45, 2.75) is 38.3 Å². The van der Waals surface area contributed by atoms with Gasteiger partial charge in [-0.2, -0.15) is 4.80 Å². The highest BCUT2D eigenvalue weighted by molar-refractivity contribution is 5.93. The lowest BCUT2D eigenvalue weighted by Crippen LogP contribution is -2.29. The van der Waals surface area contributed by atoms with Crippen molar-refractivity contribution < 1.29 is 0 Å². The van der Waals surface area contributed by atoms with Crippen LogP contribution in [-0.4, -0.2) is 50.2 Å². The van der Waals surface area contributed by atoms with E-state index in [0.717, 1.165) is 12.8 Å². The van der Waals surface area contributed by atoms with Crippen molar-refractivity contribution >= 4 is 21.8 Å². The van der Waals surface area contributed by atoms with Crippen LogP contribution in [0.25, 0.3) is 21.8 Å². The number of aryl methyl sites for hydroxylation is 1. The van der Waals surface area contributed by atoms with E-state index in [4.69, 9.17) is 0 Å². The highest BCUT2D eigenvalue weighted by Crippen LogP contribution is 2.32. The molecule has 4 aromatic rings. The number of tetrazole rings is 1. The Labute approximate surface area is 156 Å². The van der Waals surface area contributed by atoms with Crippen LogP contribution in [-0.2, 0) is 13.5 Å². The van der Waals surface area contributed by atoms with Gasteiger partial charge in [0.1, 0.15) is 11.0 Å². The Morgan fingerprint density at radius 2 is 1.68 bits per heavy atom. The molecule has 1 aliphatic rings. The van der Waals surface area contributed by atoms with Crippen molar-refractivity contribution in [2.24, 2.45) is 7.05 Å². The van der Waals surface area contributed by atoms with Gasteiger partial charge < -0.3 is 0 Å². The average Bonchev–Trinajstić information content (AvgIpc) is 3.43. The van der Waals surface area contributed by atoms with Crippen molar-refractivity contribution in [1.29, 1.82) is 0 Å². The summed E-state index contributed by atoms with van der Waals surface area (Å²) in [5, 5.41) is 28.9. The number of hydrogen-bond donors (Lipinski definition) is 0. The number of fused-ring (bicyclic) bond motifs is 2. The largest absolute Gasteiger partial charge is 0.277 e. The third kappa shape index (κ3) is 2.64. The summed E-state index contributed by atoms with van der Waals surface area (Å²) in [7, 11) is 1.67. The molecule has 1 unspecified atom stereocenters. The molecule has 12 nitrogen and oxygen atoms in total. The quantitative estimate of drug-likeness (QED) is 0.431. The SMILES string of the molecule is CC(Cc1nnn(C)n1)n1nnc2cc3c(=O)n(C4CC4)nnc3cc2c1=O. The van der Waals surface area contributed by atoms with E-state index in [1.54, 1.807) is 19.2 Å². The summed E-state index contributed by atoms with van der Waals surface area (Å²) in [5.74, 6) is 0.508. The van der Waals surface area contributed by atoms with Gasteiger partial charge in [0.15, 0.2) is 5.82 Å². The van der Waals surface area contributed by atoms with E-state index >= 15 is 0 Å². The molecular weight excluding hydrogens is 364 g/mol. The van der Waals surface area contributed by atoms with Crippen LogP contribution in [0.3, 0.4) is 0 Å². The zero-order valence-corrected chi connectivity index (χ0v) is 15.2. The molecule has 0 radical (unpaired) electrons. The Bertz CT molecular complexity index is 1330. The number of benzene rings is 1. The molecular formula is C16H16N10O2. The Balaban J connectivity index is 1.60. The summed E-state index contributed by atoms with van der Waals surface area (Å²) in [6.07, 6.45) is 2.24. The standard InChI is InChI=1S/C16H16N10O2/c1-8(5-14-19-21-24(2)20-14)25-15(27)10-6-13-11(7-12(10)17-22-25)16(28)26(23-18-13)9-3-4-9/h6-9H,3-5H2,1-2H3. The van der Waals surface area contributed by atoms with Crippen molar-refractivity contribution in [1.82, 2.24) is 50.2 Å². The average molecular weight is 380 g/mol. The molecule has 142 valence electrons. The van der Waals surface area contributed by atoms with E-state index in [-0.39, 0.29) is 23.2 Å². The van der Waals surface area contributed by atoms with Crippen LogP contribution in [0.4, 0.5) is 0 Å². The van der Waals surface area contributed by atoms with Crippen LogP contribution in [0.1, 0.15) is 37.7 Å². The second kappa shape index (κ2) is 5.97. The molecule has 1 atom stereocenters. The molecule has 5 rings (SSSR count).